The first-order valence-electron chi connectivity index (χ1n) is 7.27. The minimum Gasteiger partial charge on any atom is -0.375 e. The molecule has 0 aliphatic heterocycles. The van der Waals surface area contributed by atoms with Gasteiger partial charge in [0.25, 0.3) is 5.91 Å². The van der Waals surface area contributed by atoms with Gasteiger partial charge in [-0.15, -0.1) is 0 Å². The molecule has 1 aromatic carbocycles. The van der Waals surface area contributed by atoms with Crippen molar-refractivity contribution in [3.8, 4) is 11.9 Å². The van der Waals surface area contributed by atoms with Gasteiger partial charge < -0.3 is 10.1 Å². The second kappa shape index (κ2) is 6.48. The fourth-order valence-electron chi connectivity index (χ4n) is 2.46. The summed E-state index contributed by atoms with van der Waals surface area (Å²) < 4.78 is 6.26. The van der Waals surface area contributed by atoms with Crippen molar-refractivity contribution in [2.75, 3.05) is 19.0 Å². The Morgan fingerprint density at radius 2 is 2.21 bits per heavy atom. The van der Waals surface area contributed by atoms with Gasteiger partial charge in [0.1, 0.15) is 18.2 Å². The molecule has 0 spiro atoms. The molecule has 24 heavy (non-hydrogen) atoms. The monoisotopic (exact) mass is 321 g/mol. The van der Waals surface area contributed by atoms with Crippen LogP contribution in [0.4, 0.5) is 5.82 Å². The van der Waals surface area contributed by atoms with Gasteiger partial charge in [0.2, 0.25) is 0 Å². The largest absolute Gasteiger partial charge is 0.375 e. The number of nitrogens with zero attached hydrogens (tertiary/aromatic N) is 4. The number of nitriles is 1. The van der Waals surface area contributed by atoms with E-state index in [9.17, 15) is 10.1 Å². The van der Waals surface area contributed by atoms with Crippen molar-refractivity contribution >= 4 is 22.6 Å². The molecular weight excluding hydrogens is 306 g/mol. The number of hydrogen-bond acceptors (Lipinski definition) is 5. The van der Waals surface area contributed by atoms with E-state index < -0.39 is 0 Å². The van der Waals surface area contributed by atoms with Crippen LogP contribution in [0.5, 0.6) is 0 Å². The molecule has 0 unspecified atom stereocenters. The Kier molecular flexibility index (Phi) is 4.22. The molecule has 0 saturated heterocycles. The number of anilines is 1. The van der Waals surface area contributed by atoms with E-state index >= 15 is 0 Å². The van der Waals surface area contributed by atoms with Gasteiger partial charge in [-0.3, -0.25) is 4.79 Å². The number of benzene rings is 1. The van der Waals surface area contributed by atoms with E-state index in [2.05, 4.69) is 15.4 Å². The predicted molar refractivity (Wildman–Crippen MR) is 88.8 cm³/mol. The van der Waals surface area contributed by atoms with Crippen molar-refractivity contribution in [1.29, 1.82) is 5.26 Å². The second-order valence-corrected chi connectivity index (χ2v) is 5.23. The molecule has 2 aromatic heterocycles. The summed E-state index contributed by atoms with van der Waals surface area (Å²) in [6.07, 6.45) is 1.40. The molecule has 0 aliphatic carbocycles. The van der Waals surface area contributed by atoms with Crippen molar-refractivity contribution in [2.45, 2.75) is 6.92 Å². The maximum absolute atomic E-state index is 11.8. The molecule has 0 atom stereocenters. The summed E-state index contributed by atoms with van der Waals surface area (Å²) in [7, 11) is 1.43. The standard InChI is InChI=1S/C17H15N5O2/c1-11-7-15(20-14-6-4-3-5-13(11)14)22-17(12(8-18)9-19-22)21-16(23)10-24-2/h3-7,9H,10H2,1-2H3,(H,21,23). The summed E-state index contributed by atoms with van der Waals surface area (Å²) in [5, 5.41) is 17.1. The SMILES string of the molecule is COCC(=O)Nc1c(C#N)cnn1-c1cc(C)c2ccccc2n1. The van der Waals surface area contributed by atoms with Gasteiger partial charge in [-0.2, -0.15) is 15.0 Å². The number of hydrogen-bond donors (Lipinski definition) is 1. The van der Waals surface area contributed by atoms with E-state index in [1.54, 1.807) is 0 Å². The Labute approximate surface area is 138 Å². The van der Waals surface area contributed by atoms with Crippen LogP contribution in [-0.4, -0.2) is 34.4 Å². The third-order valence-corrected chi connectivity index (χ3v) is 3.55. The van der Waals surface area contributed by atoms with Crippen molar-refractivity contribution in [3.05, 3.63) is 47.7 Å². The number of nitrogens with one attached hydrogen (secondary N) is 1. The van der Waals surface area contributed by atoms with Crippen LogP contribution in [0.1, 0.15) is 11.1 Å². The summed E-state index contributed by atoms with van der Waals surface area (Å²) >= 11 is 0. The van der Waals surface area contributed by atoms with Crippen LogP contribution in [-0.2, 0) is 9.53 Å². The molecule has 0 aliphatic rings. The number of carbonyl (C=O) groups excluding carboxylic acids is 1. The molecule has 0 radical (unpaired) electrons. The highest BCUT2D eigenvalue weighted by molar-refractivity contribution is 5.92. The lowest BCUT2D eigenvalue weighted by Gasteiger charge is -2.10. The minimum atomic E-state index is -0.367. The van der Waals surface area contributed by atoms with Crippen LogP contribution in [0.15, 0.2) is 36.5 Å². The highest BCUT2D eigenvalue weighted by Crippen LogP contribution is 2.23. The molecule has 0 fully saturated rings. The molecule has 7 heteroatoms. The number of para-hydroxylation sites is 1. The molecular formula is C17H15N5O2. The fourth-order valence-corrected chi connectivity index (χ4v) is 2.46. The Balaban J connectivity index is 2.11. The number of fused-ring (bicyclic) bond motifs is 1. The molecule has 1 amide bonds. The molecule has 120 valence electrons. The maximum Gasteiger partial charge on any atom is 0.251 e. The number of rotatable bonds is 4. The lowest BCUT2D eigenvalue weighted by Crippen LogP contribution is -2.20. The fraction of sp³-hybridized carbons (Fsp3) is 0.176. The molecule has 0 saturated carbocycles. The highest BCUT2D eigenvalue weighted by atomic mass is 16.5. The Bertz CT molecular complexity index is 955. The van der Waals surface area contributed by atoms with Gasteiger partial charge >= 0.3 is 0 Å². The number of ether oxygens (including phenoxy) is 1. The quantitative estimate of drug-likeness (QED) is 0.795. The zero-order valence-electron chi connectivity index (χ0n) is 13.3. The average molecular weight is 321 g/mol. The van der Waals surface area contributed by atoms with Gasteiger partial charge in [-0.05, 0) is 24.6 Å². The van der Waals surface area contributed by atoms with Crippen LogP contribution in [0.25, 0.3) is 16.7 Å². The summed E-state index contributed by atoms with van der Waals surface area (Å²) in [6.45, 7) is 1.87. The van der Waals surface area contributed by atoms with Gasteiger partial charge in [-0.1, -0.05) is 18.2 Å². The number of pyridine rings is 1. The number of aryl methyl sites for hydroxylation is 1. The predicted octanol–water partition coefficient (Wildman–Crippen LogP) is 2.19. The van der Waals surface area contributed by atoms with Gasteiger partial charge in [0.05, 0.1) is 11.7 Å². The van der Waals surface area contributed by atoms with E-state index in [0.717, 1.165) is 16.5 Å². The van der Waals surface area contributed by atoms with Crippen molar-refractivity contribution in [3.63, 3.8) is 0 Å². The van der Waals surface area contributed by atoms with Crippen molar-refractivity contribution in [2.24, 2.45) is 0 Å². The smallest absolute Gasteiger partial charge is 0.251 e. The zero-order valence-corrected chi connectivity index (χ0v) is 13.3. The van der Waals surface area contributed by atoms with Crippen LogP contribution in [0, 0.1) is 18.3 Å². The van der Waals surface area contributed by atoms with E-state index in [1.165, 1.54) is 18.0 Å². The van der Waals surface area contributed by atoms with Crippen LogP contribution < -0.4 is 5.32 Å². The minimum absolute atomic E-state index is 0.111. The summed E-state index contributed by atoms with van der Waals surface area (Å²) in [5.74, 6) is 0.440. The van der Waals surface area contributed by atoms with E-state index in [0.29, 0.717) is 5.82 Å². The second-order valence-electron chi connectivity index (χ2n) is 5.23. The third-order valence-electron chi connectivity index (χ3n) is 3.55. The van der Waals surface area contributed by atoms with E-state index in [-0.39, 0.29) is 23.9 Å². The maximum atomic E-state index is 11.8. The molecule has 1 N–H and O–H groups in total. The molecule has 0 bridgehead atoms. The first-order chi connectivity index (χ1) is 11.6. The number of amides is 1. The Morgan fingerprint density at radius 3 is 2.96 bits per heavy atom. The van der Waals surface area contributed by atoms with Gasteiger partial charge in [0.15, 0.2) is 11.6 Å². The summed E-state index contributed by atoms with van der Waals surface area (Å²) in [4.78, 5) is 16.4. The van der Waals surface area contributed by atoms with Crippen LogP contribution >= 0.6 is 0 Å². The van der Waals surface area contributed by atoms with Crippen molar-refractivity contribution < 1.29 is 9.53 Å². The zero-order chi connectivity index (χ0) is 17.1. The first-order valence-corrected chi connectivity index (χ1v) is 7.27. The normalized spacial score (nSPS) is 10.5. The average Bonchev–Trinajstić information content (AvgIpc) is 2.97. The number of methoxy groups -OCH3 is 1. The summed E-state index contributed by atoms with van der Waals surface area (Å²) in [6, 6.07) is 11.6. The number of aromatic nitrogens is 3. The number of carbonyl (C=O) groups is 1. The molecule has 2 heterocycles. The third kappa shape index (κ3) is 2.83. The molecule has 3 aromatic rings. The van der Waals surface area contributed by atoms with E-state index in [4.69, 9.17) is 4.74 Å². The van der Waals surface area contributed by atoms with Crippen LogP contribution in [0.3, 0.4) is 0 Å². The Hall–Kier alpha value is -3.24. The van der Waals surface area contributed by atoms with Gasteiger partial charge in [-0.25, -0.2) is 4.98 Å². The summed E-state index contributed by atoms with van der Waals surface area (Å²) in [5.41, 5.74) is 2.10. The van der Waals surface area contributed by atoms with Gasteiger partial charge in [0, 0.05) is 12.5 Å². The van der Waals surface area contributed by atoms with Crippen molar-refractivity contribution in [1.82, 2.24) is 14.8 Å². The van der Waals surface area contributed by atoms with Crippen LogP contribution in [0.2, 0.25) is 0 Å². The first kappa shape index (κ1) is 15.6. The lowest BCUT2D eigenvalue weighted by atomic mass is 10.1. The highest BCUT2D eigenvalue weighted by Gasteiger charge is 2.16. The molecule has 7 nitrogen and oxygen atoms in total. The lowest BCUT2D eigenvalue weighted by molar-refractivity contribution is -0.119. The molecule has 3 rings (SSSR count). The Morgan fingerprint density at radius 1 is 1.42 bits per heavy atom. The van der Waals surface area contributed by atoms with E-state index in [1.807, 2.05) is 43.3 Å². The topological polar surface area (TPSA) is 92.8 Å².